The molecule has 2 aromatic rings. The number of aliphatic hydroxyl groups excluding tert-OH is 2. The molecule has 2 aromatic carbocycles. The number of hydrogen-bond acceptors (Lipinski definition) is 9. The molecule has 3 amide bonds. The van der Waals surface area contributed by atoms with E-state index in [4.69, 9.17) is 5.73 Å². The number of aliphatic hydroxyl groups is 2. The first-order valence-electron chi connectivity index (χ1n) is 12.1. The lowest BCUT2D eigenvalue weighted by molar-refractivity contribution is -0.142. The van der Waals surface area contributed by atoms with Gasteiger partial charge in [0, 0.05) is 12.8 Å². The number of phenols is 2. The molecular formula is C26H34N4O9. The van der Waals surface area contributed by atoms with E-state index in [0.717, 1.165) is 0 Å². The number of nitrogens with two attached hydrogens (primary N) is 1. The summed E-state index contributed by atoms with van der Waals surface area (Å²) < 4.78 is 0. The Balaban J connectivity index is 2.27. The van der Waals surface area contributed by atoms with Crippen molar-refractivity contribution in [3.8, 4) is 11.5 Å². The Morgan fingerprint density at radius 2 is 1.13 bits per heavy atom. The molecule has 0 saturated carbocycles. The van der Waals surface area contributed by atoms with E-state index in [-0.39, 0.29) is 24.3 Å². The number of carbonyl (C=O) groups excluding carboxylic acids is 3. The molecule has 0 aliphatic heterocycles. The number of hydrogen-bond donors (Lipinski definition) is 9. The molecule has 13 heteroatoms. The maximum absolute atomic E-state index is 13.2. The van der Waals surface area contributed by atoms with Gasteiger partial charge in [0.15, 0.2) is 0 Å². The van der Waals surface area contributed by atoms with Crippen LogP contribution in [-0.4, -0.2) is 85.6 Å². The molecule has 0 saturated heterocycles. The number of carboxylic acid groups (broad SMARTS) is 1. The van der Waals surface area contributed by atoms with Crippen molar-refractivity contribution in [1.82, 2.24) is 16.0 Å². The Morgan fingerprint density at radius 3 is 1.54 bits per heavy atom. The summed E-state index contributed by atoms with van der Waals surface area (Å²) in [5, 5.41) is 55.4. The van der Waals surface area contributed by atoms with E-state index in [1.165, 1.54) is 62.4 Å². The third kappa shape index (κ3) is 9.56. The van der Waals surface area contributed by atoms with Crippen molar-refractivity contribution < 1.29 is 44.7 Å². The molecular weight excluding hydrogens is 512 g/mol. The maximum atomic E-state index is 13.2. The van der Waals surface area contributed by atoms with Crippen LogP contribution in [0.15, 0.2) is 48.5 Å². The molecule has 0 radical (unpaired) electrons. The first-order chi connectivity index (χ1) is 18.3. The summed E-state index contributed by atoms with van der Waals surface area (Å²) in [6, 6.07) is 5.81. The topological polar surface area (TPSA) is 232 Å². The fourth-order valence-electron chi connectivity index (χ4n) is 3.55. The number of carboxylic acids is 1. The molecule has 2 rings (SSSR count). The number of aliphatic carboxylic acids is 1. The molecule has 0 aromatic heterocycles. The van der Waals surface area contributed by atoms with Crippen molar-refractivity contribution in [2.24, 2.45) is 5.73 Å². The van der Waals surface area contributed by atoms with Crippen LogP contribution in [0.25, 0.3) is 0 Å². The smallest absolute Gasteiger partial charge is 0.326 e. The predicted molar refractivity (Wildman–Crippen MR) is 138 cm³/mol. The normalized spacial score (nSPS) is 15.6. The maximum Gasteiger partial charge on any atom is 0.326 e. The van der Waals surface area contributed by atoms with Crippen molar-refractivity contribution in [1.29, 1.82) is 0 Å². The fourth-order valence-corrected chi connectivity index (χ4v) is 3.55. The molecule has 6 atom stereocenters. The second kappa shape index (κ2) is 14.1. The van der Waals surface area contributed by atoms with E-state index < -0.39 is 60.1 Å². The first kappa shape index (κ1) is 31.0. The molecule has 10 N–H and O–H groups in total. The van der Waals surface area contributed by atoms with Crippen molar-refractivity contribution in [3.05, 3.63) is 59.7 Å². The molecule has 0 spiro atoms. The van der Waals surface area contributed by atoms with Gasteiger partial charge >= 0.3 is 5.97 Å². The zero-order valence-electron chi connectivity index (χ0n) is 21.4. The van der Waals surface area contributed by atoms with Crippen molar-refractivity contribution in [3.63, 3.8) is 0 Å². The quantitative estimate of drug-likeness (QED) is 0.141. The minimum atomic E-state index is -1.55. The van der Waals surface area contributed by atoms with E-state index in [0.29, 0.717) is 11.1 Å². The average Bonchev–Trinajstić information content (AvgIpc) is 2.87. The van der Waals surface area contributed by atoms with Crippen molar-refractivity contribution in [2.45, 2.75) is 63.1 Å². The molecule has 0 heterocycles. The number of aromatic hydroxyl groups is 2. The van der Waals surface area contributed by atoms with Gasteiger partial charge in [-0.1, -0.05) is 24.3 Å². The highest BCUT2D eigenvalue weighted by Gasteiger charge is 2.33. The van der Waals surface area contributed by atoms with Crippen LogP contribution in [-0.2, 0) is 32.0 Å². The average molecular weight is 547 g/mol. The summed E-state index contributed by atoms with van der Waals surface area (Å²) in [7, 11) is 0. The van der Waals surface area contributed by atoms with Gasteiger partial charge < -0.3 is 47.2 Å². The molecule has 0 fully saturated rings. The van der Waals surface area contributed by atoms with Gasteiger partial charge in [0.1, 0.15) is 35.7 Å². The lowest BCUT2D eigenvalue weighted by Crippen LogP contribution is -2.61. The first-order valence-corrected chi connectivity index (χ1v) is 12.1. The van der Waals surface area contributed by atoms with Gasteiger partial charge in [-0.2, -0.15) is 0 Å². The standard InChI is InChI=1S/C26H34N4O9/c1-13(31)21(27)24(36)30-22(14(2)32)25(37)28-19(11-15-3-7-17(33)8-4-15)23(35)29-20(26(38)39)12-16-5-9-18(34)10-6-16/h3-10,13-14,19-22,31-34H,11-12,27H2,1-2H3,(H,28,37)(H,29,35)(H,30,36)(H,38,39). The van der Waals surface area contributed by atoms with Gasteiger partial charge in [0.25, 0.3) is 0 Å². The number of rotatable bonds is 13. The van der Waals surface area contributed by atoms with Crippen LogP contribution in [0.3, 0.4) is 0 Å². The minimum Gasteiger partial charge on any atom is -0.508 e. The van der Waals surface area contributed by atoms with Gasteiger partial charge in [-0.25, -0.2) is 4.79 Å². The van der Waals surface area contributed by atoms with E-state index in [1.807, 2.05) is 0 Å². The summed E-state index contributed by atoms with van der Waals surface area (Å²) in [6.45, 7) is 2.50. The predicted octanol–water partition coefficient (Wildman–Crippen LogP) is -1.49. The monoisotopic (exact) mass is 546 g/mol. The highest BCUT2D eigenvalue weighted by atomic mass is 16.4. The lowest BCUT2D eigenvalue weighted by atomic mass is 10.0. The summed E-state index contributed by atoms with van der Waals surface area (Å²) in [4.78, 5) is 50.5. The molecule has 0 aliphatic carbocycles. The Bertz CT molecular complexity index is 1140. The number of carbonyl (C=O) groups is 4. The largest absolute Gasteiger partial charge is 0.508 e. The van der Waals surface area contributed by atoms with E-state index >= 15 is 0 Å². The lowest BCUT2D eigenvalue weighted by Gasteiger charge is -2.27. The van der Waals surface area contributed by atoms with Gasteiger partial charge in [0.2, 0.25) is 17.7 Å². The second-order valence-electron chi connectivity index (χ2n) is 9.19. The zero-order valence-corrected chi connectivity index (χ0v) is 21.4. The molecule has 0 bridgehead atoms. The third-order valence-electron chi connectivity index (χ3n) is 5.89. The minimum absolute atomic E-state index is 0.0134. The van der Waals surface area contributed by atoms with E-state index in [1.54, 1.807) is 0 Å². The van der Waals surface area contributed by atoms with E-state index in [9.17, 15) is 44.7 Å². The van der Waals surface area contributed by atoms with Crippen molar-refractivity contribution in [2.75, 3.05) is 0 Å². The summed E-state index contributed by atoms with van der Waals surface area (Å²) in [6.07, 6.45) is -2.91. The summed E-state index contributed by atoms with van der Waals surface area (Å²) in [5.74, 6) is -4.12. The van der Waals surface area contributed by atoms with E-state index in [2.05, 4.69) is 16.0 Å². The number of phenolic OH excluding ortho intramolecular Hbond substituents is 2. The third-order valence-corrected chi connectivity index (χ3v) is 5.89. The molecule has 212 valence electrons. The van der Waals surface area contributed by atoms with Crippen LogP contribution in [0.1, 0.15) is 25.0 Å². The Hall–Kier alpha value is -4.20. The summed E-state index contributed by atoms with van der Waals surface area (Å²) in [5.41, 5.74) is 6.62. The Morgan fingerprint density at radius 1 is 0.692 bits per heavy atom. The van der Waals surface area contributed by atoms with Crippen LogP contribution < -0.4 is 21.7 Å². The highest BCUT2D eigenvalue weighted by Crippen LogP contribution is 2.14. The highest BCUT2D eigenvalue weighted by molar-refractivity contribution is 5.94. The summed E-state index contributed by atoms with van der Waals surface area (Å²) >= 11 is 0. The zero-order chi connectivity index (χ0) is 29.3. The number of benzene rings is 2. The van der Waals surface area contributed by atoms with Crippen LogP contribution in [0, 0.1) is 0 Å². The van der Waals surface area contributed by atoms with Crippen molar-refractivity contribution >= 4 is 23.7 Å². The molecule has 39 heavy (non-hydrogen) atoms. The van der Waals surface area contributed by atoms with Gasteiger partial charge in [-0.05, 0) is 49.2 Å². The van der Waals surface area contributed by atoms with Gasteiger partial charge in [-0.3, -0.25) is 14.4 Å². The van der Waals surface area contributed by atoms with Crippen LogP contribution >= 0.6 is 0 Å². The van der Waals surface area contributed by atoms with Gasteiger partial charge in [0.05, 0.1) is 12.2 Å². The fraction of sp³-hybridized carbons (Fsp3) is 0.385. The number of nitrogens with one attached hydrogen (secondary N) is 3. The molecule has 0 aliphatic rings. The molecule has 13 nitrogen and oxygen atoms in total. The van der Waals surface area contributed by atoms with Crippen LogP contribution in [0.2, 0.25) is 0 Å². The second-order valence-corrected chi connectivity index (χ2v) is 9.19. The molecule has 6 unspecified atom stereocenters. The SMILES string of the molecule is CC(O)C(N)C(=O)NC(C(=O)NC(Cc1ccc(O)cc1)C(=O)NC(Cc1ccc(O)cc1)C(=O)O)C(C)O. The number of amides is 3. The van der Waals surface area contributed by atoms with Crippen LogP contribution in [0.4, 0.5) is 0 Å². The Labute approximate surface area is 224 Å². The van der Waals surface area contributed by atoms with Crippen LogP contribution in [0.5, 0.6) is 11.5 Å². The Kier molecular flexibility index (Phi) is 11.2. The van der Waals surface area contributed by atoms with Gasteiger partial charge in [-0.15, -0.1) is 0 Å².